The Kier molecular flexibility index (Phi) is 4.78. The lowest BCUT2D eigenvalue weighted by Crippen LogP contribution is -2.15. The molecule has 0 aliphatic rings. The molecule has 0 unspecified atom stereocenters. The maximum absolute atomic E-state index is 12.9. The summed E-state index contributed by atoms with van der Waals surface area (Å²) in [5.74, 6) is 0. The van der Waals surface area contributed by atoms with E-state index in [0.29, 0.717) is 17.1 Å². The van der Waals surface area contributed by atoms with E-state index in [1.54, 1.807) is 29.6 Å². The van der Waals surface area contributed by atoms with Crippen LogP contribution in [-0.2, 0) is 11.0 Å². The molecule has 0 fully saturated rings. The number of hydrogen-bond acceptors (Lipinski definition) is 3. The minimum atomic E-state index is -4.49. The van der Waals surface area contributed by atoms with Gasteiger partial charge in [0.25, 0.3) is 0 Å². The van der Waals surface area contributed by atoms with Gasteiger partial charge in [0.05, 0.1) is 16.9 Å². The molecule has 25 heavy (non-hydrogen) atoms. The minimum Gasteiger partial charge on any atom is -0.278 e. The first kappa shape index (κ1) is 17.4. The fourth-order valence-electron chi connectivity index (χ4n) is 2.20. The Morgan fingerprint density at radius 1 is 1.12 bits per heavy atom. The number of carbonyl (C=O) groups is 1. The molecule has 0 saturated carbocycles. The summed E-state index contributed by atoms with van der Waals surface area (Å²) in [5, 5.41) is 2.52. The Morgan fingerprint density at radius 2 is 1.88 bits per heavy atom. The van der Waals surface area contributed by atoms with Gasteiger partial charge < -0.3 is 0 Å². The van der Waals surface area contributed by atoms with Crippen molar-refractivity contribution in [2.24, 2.45) is 0 Å². The predicted octanol–water partition coefficient (Wildman–Crippen LogP) is 5.78. The maximum atomic E-state index is 12.9. The van der Waals surface area contributed by atoms with Crippen LogP contribution in [0.1, 0.15) is 5.56 Å². The van der Waals surface area contributed by atoms with Gasteiger partial charge in [0.2, 0.25) is 6.41 Å². The molecule has 0 bridgehead atoms. The van der Waals surface area contributed by atoms with Gasteiger partial charge in [-0.3, -0.25) is 9.69 Å². The van der Waals surface area contributed by atoms with Crippen LogP contribution in [-0.4, -0.2) is 11.4 Å². The van der Waals surface area contributed by atoms with E-state index in [-0.39, 0.29) is 10.8 Å². The molecule has 1 heterocycles. The molecule has 1 aromatic heterocycles. The van der Waals surface area contributed by atoms with E-state index in [0.717, 1.165) is 33.9 Å². The van der Waals surface area contributed by atoms with E-state index in [4.69, 9.17) is 11.6 Å². The van der Waals surface area contributed by atoms with Crippen molar-refractivity contribution in [1.82, 2.24) is 4.98 Å². The normalized spacial score (nSPS) is 11.4. The standard InChI is InChI=1S/C17H10ClF3N2OS/c18-13-5-1-3-11(7-13)15-9-25-16(22-15)23(10-24)14-6-2-4-12(8-14)17(19,20)21/h1-10H. The molecular formula is C17H10ClF3N2OS. The topological polar surface area (TPSA) is 33.2 Å². The fourth-order valence-corrected chi connectivity index (χ4v) is 3.21. The van der Waals surface area contributed by atoms with E-state index < -0.39 is 11.7 Å². The first-order valence-electron chi connectivity index (χ1n) is 7.02. The third-order valence-electron chi connectivity index (χ3n) is 3.38. The second-order valence-electron chi connectivity index (χ2n) is 5.05. The fraction of sp³-hybridized carbons (Fsp3) is 0.0588. The quantitative estimate of drug-likeness (QED) is 0.536. The summed E-state index contributed by atoms with van der Waals surface area (Å²) in [4.78, 5) is 16.9. The molecule has 0 aliphatic heterocycles. The predicted molar refractivity (Wildman–Crippen MR) is 92.2 cm³/mol. The van der Waals surface area contributed by atoms with Gasteiger partial charge in [0, 0.05) is 16.0 Å². The highest BCUT2D eigenvalue weighted by molar-refractivity contribution is 7.14. The van der Waals surface area contributed by atoms with Crippen molar-refractivity contribution in [3.05, 3.63) is 64.5 Å². The van der Waals surface area contributed by atoms with Crippen molar-refractivity contribution in [3.8, 4) is 11.3 Å². The number of rotatable bonds is 4. The summed E-state index contributed by atoms with van der Waals surface area (Å²) >= 11 is 7.10. The highest BCUT2D eigenvalue weighted by Crippen LogP contribution is 2.35. The number of halogens is 4. The van der Waals surface area contributed by atoms with Crippen molar-refractivity contribution in [1.29, 1.82) is 0 Å². The molecule has 1 amide bonds. The Hall–Kier alpha value is -2.38. The molecule has 8 heteroatoms. The second-order valence-corrected chi connectivity index (χ2v) is 6.32. The van der Waals surface area contributed by atoms with Gasteiger partial charge >= 0.3 is 6.18 Å². The number of carbonyl (C=O) groups excluding carboxylic acids is 1. The molecule has 0 radical (unpaired) electrons. The number of thiazole rings is 1. The van der Waals surface area contributed by atoms with Crippen molar-refractivity contribution < 1.29 is 18.0 Å². The number of amides is 1. The number of alkyl halides is 3. The zero-order valence-corrected chi connectivity index (χ0v) is 14.1. The van der Waals surface area contributed by atoms with E-state index >= 15 is 0 Å². The monoisotopic (exact) mass is 382 g/mol. The van der Waals surface area contributed by atoms with Crippen LogP contribution in [0.15, 0.2) is 53.9 Å². The highest BCUT2D eigenvalue weighted by Gasteiger charge is 2.31. The molecule has 3 aromatic rings. The van der Waals surface area contributed by atoms with Gasteiger partial charge in [0.15, 0.2) is 5.13 Å². The molecule has 3 rings (SSSR count). The summed E-state index contributed by atoms with van der Waals surface area (Å²) in [6.07, 6.45) is -4.05. The second kappa shape index (κ2) is 6.85. The van der Waals surface area contributed by atoms with E-state index in [9.17, 15) is 18.0 Å². The molecule has 0 aliphatic carbocycles. The summed E-state index contributed by atoms with van der Waals surface area (Å²) in [6, 6.07) is 11.5. The average molecular weight is 383 g/mol. The third-order valence-corrected chi connectivity index (χ3v) is 4.45. The van der Waals surface area contributed by atoms with Gasteiger partial charge in [-0.25, -0.2) is 4.98 Å². The molecule has 0 N–H and O–H groups in total. The van der Waals surface area contributed by atoms with Crippen LogP contribution in [0.3, 0.4) is 0 Å². The molecule has 128 valence electrons. The van der Waals surface area contributed by atoms with Crippen molar-refractivity contribution in [2.45, 2.75) is 6.18 Å². The van der Waals surface area contributed by atoms with E-state index in [1.165, 1.54) is 12.1 Å². The first-order chi connectivity index (χ1) is 11.9. The van der Waals surface area contributed by atoms with Gasteiger partial charge in [-0.05, 0) is 30.3 Å². The summed E-state index contributed by atoms with van der Waals surface area (Å²) in [6.45, 7) is 0. The summed E-state index contributed by atoms with van der Waals surface area (Å²) < 4.78 is 38.6. The first-order valence-corrected chi connectivity index (χ1v) is 8.27. The van der Waals surface area contributed by atoms with Crippen molar-refractivity contribution in [3.63, 3.8) is 0 Å². The Balaban J connectivity index is 1.96. The lowest BCUT2D eigenvalue weighted by atomic mass is 10.2. The van der Waals surface area contributed by atoms with Crippen LogP contribution in [0, 0.1) is 0 Å². The zero-order chi connectivity index (χ0) is 18.0. The summed E-state index contributed by atoms with van der Waals surface area (Å²) in [5.41, 5.74) is 0.603. The SMILES string of the molecule is O=CN(c1cccc(C(F)(F)F)c1)c1nc(-c2cccc(Cl)c2)cs1. The van der Waals surface area contributed by atoms with Crippen LogP contribution in [0.25, 0.3) is 11.3 Å². The molecule has 2 aromatic carbocycles. The Morgan fingerprint density at radius 3 is 2.56 bits per heavy atom. The number of benzene rings is 2. The minimum absolute atomic E-state index is 0.0943. The number of hydrogen-bond donors (Lipinski definition) is 0. The molecule has 0 atom stereocenters. The van der Waals surface area contributed by atoms with Crippen molar-refractivity contribution >= 4 is 40.2 Å². The van der Waals surface area contributed by atoms with Crippen LogP contribution in [0.4, 0.5) is 24.0 Å². The number of anilines is 2. The lowest BCUT2D eigenvalue weighted by Gasteiger charge is -2.16. The lowest BCUT2D eigenvalue weighted by molar-refractivity contribution is -0.137. The smallest absolute Gasteiger partial charge is 0.278 e. The largest absolute Gasteiger partial charge is 0.416 e. The maximum Gasteiger partial charge on any atom is 0.416 e. The summed E-state index contributed by atoms with van der Waals surface area (Å²) in [7, 11) is 0. The third kappa shape index (κ3) is 3.83. The van der Waals surface area contributed by atoms with Gasteiger partial charge in [-0.15, -0.1) is 11.3 Å². The van der Waals surface area contributed by atoms with Gasteiger partial charge in [-0.1, -0.05) is 29.8 Å². The van der Waals surface area contributed by atoms with E-state index in [1.807, 2.05) is 0 Å². The Labute approximate surface area is 150 Å². The number of nitrogens with zero attached hydrogens (tertiary/aromatic N) is 2. The van der Waals surface area contributed by atoms with Gasteiger partial charge in [0.1, 0.15) is 0 Å². The number of aromatic nitrogens is 1. The van der Waals surface area contributed by atoms with Crippen LogP contribution in [0.2, 0.25) is 5.02 Å². The molecule has 0 spiro atoms. The van der Waals surface area contributed by atoms with Crippen LogP contribution < -0.4 is 4.90 Å². The molecule has 3 nitrogen and oxygen atoms in total. The molecule has 0 saturated heterocycles. The van der Waals surface area contributed by atoms with Crippen LogP contribution in [0.5, 0.6) is 0 Å². The highest BCUT2D eigenvalue weighted by atomic mass is 35.5. The average Bonchev–Trinajstić information content (AvgIpc) is 3.05. The zero-order valence-electron chi connectivity index (χ0n) is 12.5. The Bertz CT molecular complexity index is 911. The molecular weight excluding hydrogens is 373 g/mol. The van der Waals surface area contributed by atoms with Gasteiger partial charge in [-0.2, -0.15) is 13.2 Å². The van der Waals surface area contributed by atoms with Crippen molar-refractivity contribution in [2.75, 3.05) is 4.90 Å². The van der Waals surface area contributed by atoms with Crippen LogP contribution >= 0.6 is 22.9 Å². The van der Waals surface area contributed by atoms with E-state index in [2.05, 4.69) is 4.98 Å².